The highest BCUT2D eigenvalue weighted by atomic mass is 28.4. The Labute approximate surface area is 159 Å². The first-order valence-electron chi connectivity index (χ1n) is 9.36. The zero-order valence-electron chi connectivity index (χ0n) is 16.7. The summed E-state index contributed by atoms with van der Waals surface area (Å²) >= 11 is 0. The lowest BCUT2D eigenvalue weighted by Gasteiger charge is -2.37. The van der Waals surface area contributed by atoms with Gasteiger partial charge in [-0.25, -0.2) is 0 Å². The quantitative estimate of drug-likeness (QED) is 0.636. The summed E-state index contributed by atoms with van der Waals surface area (Å²) in [7, 11) is -1.82. The molecule has 3 nitrogen and oxygen atoms in total. The second-order valence-corrected chi connectivity index (χ2v) is 13.2. The molecule has 0 aliphatic heterocycles. The van der Waals surface area contributed by atoms with Crippen molar-refractivity contribution in [1.82, 2.24) is 5.32 Å². The Hall–Kier alpha value is -1.46. The van der Waals surface area contributed by atoms with Gasteiger partial charge in [-0.2, -0.15) is 0 Å². The Balaban J connectivity index is 2.05. The maximum absolute atomic E-state index is 10.5. The number of aliphatic hydroxyl groups is 1. The molecule has 0 saturated carbocycles. The van der Waals surface area contributed by atoms with Crippen molar-refractivity contribution < 1.29 is 9.53 Å². The molecule has 0 fully saturated rings. The highest BCUT2D eigenvalue weighted by Gasteiger charge is 2.37. The van der Waals surface area contributed by atoms with E-state index >= 15 is 0 Å². The van der Waals surface area contributed by atoms with Crippen LogP contribution in [0.25, 0.3) is 0 Å². The minimum Gasteiger partial charge on any atom is -0.415 e. The van der Waals surface area contributed by atoms with Crippen molar-refractivity contribution in [2.24, 2.45) is 0 Å². The standard InChI is InChI=1S/C22H33NO2Si/c1-22(2,3)26(4,5)25-17-20(18-12-8-6-9-13-18)23-16-21(24)19-14-10-7-11-15-19/h6-15,20-21,23-24H,16-17H2,1-5H3/t20-,21-/m0/s1. The van der Waals surface area contributed by atoms with Crippen molar-refractivity contribution in [2.45, 2.75) is 51.0 Å². The molecule has 4 heteroatoms. The fraction of sp³-hybridized carbons (Fsp3) is 0.455. The van der Waals surface area contributed by atoms with Gasteiger partial charge >= 0.3 is 0 Å². The van der Waals surface area contributed by atoms with E-state index in [0.717, 1.165) is 5.56 Å². The van der Waals surface area contributed by atoms with Gasteiger partial charge in [-0.3, -0.25) is 0 Å². The molecular formula is C22H33NO2Si. The lowest BCUT2D eigenvalue weighted by atomic mass is 10.1. The Morgan fingerprint density at radius 2 is 1.42 bits per heavy atom. The van der Waals surface area contributed by atoms with Gasteiger partial charge in [0.1, 0.15) is 0 Å². The van der Waals surface area contributed by atoms with Crippen LogP contribution in [-0.4, -0.2) is 26.6 Å². The van der Waals surface area contributed by atoms with Crippen LogP contribution in [0.1, 0.15) is 44.0 Å². The van der Waals surface area contributed by atoms with E-state index in [1.807, 2.05) is 48.5 Å². The van der Waals surface area contributed by atoms with E-state index < -0.39 is 14.4 Å². The molecular weight excluding hydrogens is 338 g/mol. The first kappa shape index (κ1) is 20.8. The highest BCUT2D eigenvalue weighted by molar-refractivity contribution is 6.74. The van der Waals surface area contributed by atoms with Crippen LogP contribution in [0.2, 0.25) is 18.1 Å². The molecule has 0 amide bonds. The number of hydrogen-bond donors (Lipinski definition) is 2. The number of benzene rings is 2. The van der Waals surface area contributed by atoms with Crippen molar-refractivity contribution in [2.75, 3.05) is 13.2 Å². The van der Waals surface area contributed by atoms with E-state index in [9.17, 15) is 5.11 Å². The van der Waals surface area contributed by atoms with E-state index in [4.69, 9.17) is 4.43 Å². The van der Waals surface area contributed by atoms with Gasteiger partial charge in [-0.05, 0) is 29.3 Å². The van der Waals surface area contributed by atoms with Crippen LogP contribution in [0.15, 0.2) is 60.7 Å². The molecule has 2 N–H and O–H groups in total. The van der Waals surface area contributed by atoms with Crippen LogP contribution in [0.4, 0.5) is 0 Å². The third kappa shape index (κ3) is 5.78. The van der Waals surface area contributed by atoms with Gasteiger partial charge in [0.2, 0.25) is 0 Å². The maximum atomic E-state index is 10.5. The summed E-state index contributed by atoms with van der Waals surface area (Å²) in [5.74, 6) is 0. The molecule has 0 aliphatic carbocycles. The second kappa shape index (κ2) is 8.96. The van der Waals surface area contributed by atoms with Gasteiger partial charge in [0.05, 0.1) is 18.8 Å². The monoisotopic (exact) mass is 371 g/mol. The van der Waals surface area contributed by atoms with Crippen LogP contribution in [-0.2, 0) is 4.43 Å². The summed E-state index contributed by atoms with van der Waals surface area (Å²) < 4.78 is 6.44. The molecule has 2 aromatic carbocycles. The lowest BCUT2D eigenvalue weighted by Crippen LogP contribution is -2.43. The molecule has 2 atom stereocenters. The van der Waals surface area contributed by atoms with Crippen molar-refractivity contribution in [1.29, 1.82) is 0 Å². The summed E-state index contributed by atoms with van der Waals surface area (Å²) in [4.78, 5) is 0. The average molecular weight is 372 g/mol. The van der Waals surface area contributed by atoms with Crippen molar-refractivity contribution >= 4 is 8.32 Å². The summed E-state index contributed by atoms with van der Waals surface area (Å²) in [5, 5.41) is 14.2. The summed E-state index contributed by atoms with van der Waals surface area (Å²) in [6.07, 6.45) is -0.532. The van der Waals surface area contributed by atoms with Crippen LogP contribution < -0.4 is 5.32 Å². The fourth-order valence-electron chi connectivity index (χ4n) is 2.51. The molecule has 0 bridgehead atoms. The Morgan fingerprint density at radius 3 is 1.92 bits per heavy atom. The number of nitrogens with one attached hydrogen (secondary N) is 1. The highest BCUT2D eigenvalue weighted by Crippen LogP contribution is 2.37. The van der Waals surface area contributed by atoms with Gasteiger partial charge in [0.15, 0.2) is 8.32 Å². The van der Waals surface area contributed by atoms with Gasteiger partial charge in [-0.1, -0.05) is 81.4 Å². The van der Waals surface area contributed by atoms with Crippen LogP contribution in [0.5, 0.6) is 0 Å². The molecule has 0 spiro atoms. The van der Waals surface area contributed by atoms with E-state index in [1.54, 1.807) is 0 Å². The molecule has 26 heavy (non-hydrogen) atoms. The second-order valence-electron chi connectivity index (χ2n) is 8.37. The van der Waals surface area contributed by atoms with Gasteiger partial charge in [0.25, 0.3) is 0 Å². The first-order valence-corrected chi connectivity index (χ1v) is 12.3. The predicted molar refractivity (Wildman–Crippen MR) is 112 cm³/mol. The van der Waals surface area contributed by atoms with Crippen LogP contribution in [0.3, 0.4) is 0 Å². The molecule has 2 aromatic rings. The third-order valence-corrected chi connectivity index (χ3v) is 9.86. The Morgan fingerprint density at radius 1 is 0.923 bits per heavy atom. The fourth-order valence-corrected chi connectivity index (χ4v) is 3.53. The molecule has 0 radical (unpaired) electrons. The molecule has 0 aromatic heterocycles. The zero-order chi connectivity index (χ0) is 19.2. The summed E-state index contributed by atoms with van der Waals surface area (Å²) in [6, 6.07) is 20.2. The van der Waals surface area contributed by atoms with Gasteiger partial charge in [0, 0.05) is 6.54 Å². The largest absolute Gasteiger partial charge is 0.415 e. The molecule has 142 valence electrons. The molecule has 2 rings (SSSR count). The number of hydrogen-bond acceptors (Lipinski definition) is 3. The minimum atomic E-state index is -1.82. The normalized spacial score (nSPS) is 14.8. The number of rotatable bonds is 8. The Bertz CT molecular complexity index is 653. The topological polar surface area (TPSA) is 41.5 Å². The smallest absolute Gasteiger partial charge is 0.192 e. The van der Waals surface area contributed by atoms with E-state index in [0.29, 0.717) is 13.2 Å². The molecule has 0 saturated heterocycles. The van der Waals surface area contributed by atoms with E-state index in [2.05, 4.69) is 51.3 Å². The third-order valence-electron chi connectivity index (χ3n) is 5.36. The van der Waals surface area contributed by atoms with Crippen molar-refractivity contribution in [3.05, 3.63) is 71.8 Å². The van der Waals surface area contributed by atoms with E-state index in [-0.39, 0.29) is 11.1 Å². The lowest BCUT2D eigenvalue weighted by molar-refractivity contribution is 0.159. The van der Waals surface area contributed by atoms with Crippen LogP contribution in [0, 0.1) is 0 Å². The predicted octanol–water partition coefficient (Wildman–Crippen LogP) is 5.07. The first-order chi connectivity index (χ1) is 12.2. The summed E-state index contributed by atoms with van der Waals surface area (Å²) in [5.41, 5.74) is 2.11. The van der Waals surface area contributed by atoms with Crippen LogP contribution >= 0.6 is 0 Å². The van der Waals surface area contributed by atoms with E-state index in [1.165, 1.54) is 5.56 Å². The maximum Gasteiger partial charge on any atom is 0.192 e. The number of aliphatic hydroxyl groups excluding tert-OH is 1. The molecule has 0 aliphatic rings. The zero-order valence-corrected chi connectivity index (χ0v) is 17.7. The van der Waals surface area contributed by atoms with Crippen molar-refractivity contribution in [3.8, 4) is 0 Å². The minimum absolute atomic E-state index is 0.0590. The molecule has 0 unspecified atom stereocenters. The molecule has 0 heterocycles. The average Bonchev–Trinajstić information content (AvgIpc) is 2.62. The Kier molecular flexibility index (Phi) is 7.18. The summed E-state index contributed by atoms with van der Waals surface area (Å²) in [6.45, 7) is 12.4. The van der Waals surface area contributed by atoms with Crippen molar-refractivity contribution in [3.63, 3.8) is 0 Å². The SMILES string of the molecule is CC(C)(C)[Si](C)(C)OC[C@H](NC[C@H](O)c1ccccc1)c1ccccc1. The van der Waals surface area contributed by atoms with Gasteiger partial charge < -0.3 is 14.8 Å². The van der Waals surface area contributed by atoms with Gasteiger partial charge in [-0.15, -0.1) is 0 Å².